The smallest absolute Gasteiger partial charge is 0.0393 e. The summed E-state index contributed by atoms with van der Waals surface area (Å²) in [4.78, 5) is 0. The number of rotatable bonds is 3. The quantitative estimate of drug-likeness (QED) is 0.757. The predicted molar refractivity (Wildman–Crippen MR) is 101 cm³/mol. The first-order chi connectivity index (χ1) is 10.8. The lowest BCUT2D eigenvalue weighted by atomic mass is 9.86. The molecule has 23 heavy (non-hydrogen) atoms. The summed E-state index contributed by atoms with van der Waals surface area (Å²) < 4.78 is 0. The third-order valence-corrected chi connectivity index (χ3v) is 3.87. The van der Waals surface area contributed by atoms with Crippen molar-refractivity contribution in [2.24, 2.45) is 5.92 Å². The van der Waals surface area contributed by atoms with E-state index in [4.69, 9.17) is 6.42 Å². The van der Waals surface area contributed by atoms with Crippen LogP contribution in [-0.4, -0.2) is 0 Å². The van der Waals surface area contributed by atoms with Crippen LogP contribution < -0.4 is 5.32 Å². The minimum Gasteiger partial charge on any atom is -0.355 e. The van der Waals surface area contributed by atoms with E-state index >= 15 is 0 Å². The van der Waals surface area contributed by atoms with Crippen molar-refractivity contribution >= 4 is 5.70 Å². The predicted octanol–water partition coefficient (Wildman–Crippen LogP) is 5.19. The summed E-state index contributed by atoms with van der Waals surface area (Å²) in [7, 11) is 0. The molecule has 0 saturated heterocycles. The van der Waals surface area contributed by atoms with Gasteiger partial charge in [-0.3, -0.25) is 0 Å². The van der Waals surface area contributed by atoms with Crippen molar-refractivity contribution in [3.8, 4) is 12.3 Å². The van der Waals surface area contributed by atoms with Crippen LogP contribution in [0, 0.1) is 18.3 Å². The molecule has 118 valence electrons. The van der Waals surface area contributed by atoms with E-state index in [0.717, 1.165) is 22.5 Å². The minimum atomic E-state index is 0.118. The Morgan fingerprint density at radius 1 is 1.30 bits per heavy atom. The molecule has 1 aromatic rings. The normalized spacial score (nSPS) is 17.6. The van der Waals surface area contributed by atoms with Crippen LogP contribution in [0.25, 0.3) is 5.70 Å². The van der Waals surface area contributed by atoms with Crippen molar-refractivity contribution in [2.75, 3.05) is 0 Å². The highest BCUT2D eigenvalue weighted by Crippen LogP contribution is 2.25. The first kappa shape index (κ1) is 16.9. The van der Waals surface area contributed by atoms with Crippen LogP contribution in [-0.2, 0) is 5.41 Å². The van der Waals surface area contributed by atoms with Crippen molar-refractivity contribution in [2.45, 2.75) is 33.1 Å². The van der Waals surface area contributed by atoms with E-state index in [0.29, 0.717) is 5.92 Å². The van der Waals surface area contributed by atoms with Gasteiger partial charge in [0.2, 0.25) is 0 Å². The third-order valence-electron chi connectivity index (χ3n) is 3.87. The molecule has 1 atom stereocenters. The molecule has 0 bridgehead atoms. The van der Waals surface area contributed by atoms with Crippen molar-refractivity contribution < 1.29 is 0 Å². The number of nitrogens with one attached hydrogen (secondary N) is 1. The monoisotopic (exact) mass is 303 g/mol. The summed E-state index contributed by atoms with van der Waals surface area (Å²) in [6.45, 7) is 12.9. The van der Waals surface area contributed by atoms with Crippen LogP contribution in [0.2, 0.25) is 0 Å². The van der Waals surface area contributed by atoms with E-state index in [-0.39, 0.29) is 5.41 Å². The van der Waals surface area contributed by atoms with Crippen LogP contribution >= 0.6 is 0 Å². The molecule has 1 aliphatic carbocycles. The fourth-order valence-corrected chi connectivity index (χ4v) is 2.45. The summed E-state index contributed by atoms with van der Waals surface area (Å²) in [6.07, 6.45) is 13.8. The molecule has 0 aliphatic heterocycles. The van der Waals surface area contributed by atoms with Gasteiger partial charge in [-0.1, -0.05) is 70.5 Å². The zero-order chi connectivity index (χ0) is 17.0. The Labute approximate surface area is 140 Å². The first-order valence-corrected chi connectivity index (χ1v) is 7.95. The van der Waals surface area contributed by atoms with Crippen molar-refractivity contribution in [3.05, 3.63) is 77.5 Å². The van der Waals surface area contributed by atoms with Gasteiger partial charge in [-0.15, -0.1) is 6.42 Å². The standard InChI is InChI=1S/C22H25N/c1-7-18-13-16(2)11-12-21(14-18)23-17(3)19-9-8-10-20(15-19)22(4,5)6/h1,8-16,23H,3H2,2,4-6H3. The van der Waals surface area contributed by atoms with Gasteiger partial charge in [0.05, 0.1) is 0 Å². The Morgan fingerprint density at radius 2 is 2.04 bits per heavy atom. The van der Waals surface area contributed by atoms with Gasteiger partial charge in [0, 0.05) is 17.0 Å². The maximum atomic E-state index is 5.57. The Hall–Kier alpha value is -2.46. The van der Waals surface area contributed by atoms with Gasteiger partial charge < -0.3 is 5.32 Å². The number of benzene rings is 1. The molecule has 2 rings (SSSR count). The molecular formula is C22H25N. The lowest BCUT2D eigenvalue weighted by Crippen LogP contribution is -2.13. The van der Waals surface area contributed by atoms with E-state index in [1.807, 2.05) is 6.08 Å². The van der Waals surface area contributed by atoms with Gasteiger partial charge in [-0.25, -0.2) is 0 Å². The molecule has 0 aromatic heterocycles. The van der Waals surface area contributed by atoms with E-state index in [9.17, 15) is 0 Å². The van der Waals surface area contributed by atoms with Crippen LogP contribution in [0.5, 0.6) is 0 Å². The number of hydrogen-bond acceptors (Lipinski definition) is 1. The second kappa shape index (κ2) is 6.75. The molecule has 0 heterocycles. The lowest BCUT2D eigenvalue weighted by molar-refractivity contribution is 0.590. The molecule has 1 heteroatoms. The largest absolute Gasteiger partial charge is 0.355 e. The fraction of sp³-hybridized carbons (Fsp3) is 0.273. The summed E-state index contributed by atoms with van der Waals surface area (Å²) in [5.74, 6) is 3.05. The Morgan fingerprint density at radius 3 is 2.70 bits per heavy atom. The molecule has 0 spiro atoms. The summed E-state index contributed by atoms with van der Waals surface area (Å²) >= 11 is 0. The summed E-state index contributed by atoms with van der Waals surface area (Å²) in [5, 5.41) is 3.38. The van der Waals surface area contributed by atoms with Gasteiger partial charge in [0.1, 0.15) is 0 Å². The van der Waals surface area contributed by atoms with E-state index < -0.39 is 0 Å². The molecule has 1 unspecified atom stereocenters. The summed E-state index contributed by atoms with van der Waals surface area (Å²) in [5.41, 5.74) is 5.23. The number of hydrogen-bond donors (Lipinski definition) is 1. The van der Waals surface area contributed by atoms with Gasteiger partial charge in [-0.2, -0.15) is 0 Å². The summed E-state index contributed by atoms with van der Waals surface area (Å²) in [6, 6.07) is 8.50. The topological polar surface area (TPSA) is 12.0 Å². The lowest BCUT2D eigenvalue weighted by Gasteiger charge is -2.20. The van der Waals surface area contributed by atoms with Gasteiger partial charge in [0.25, 0.3) is 0 Å². The van der Waals surface area contributed by atoms with Crippen molar-refractivity contribution in [1.82, 2.24) is 5.32 Å². The number of allylic oxidation sites excluding steroid dienone is 5. The molecule has 0 amide bonds. The second-order valence-corrected chi connectivity index (χ2v) is 7.02. The average Bonchev–Trinajstić information content (AvgIpc) is 2.68. The van der Waals surface area contributed by atoms with Gasteiger partial charge in [-0.05, 0) is 40.7 Å². The molecular weight excluding hydrogens is 278 g/mol. The van der Waals surface area contributed by atoms with Crippen molar-refractivity contribution in [3.63, 3.8) is 0 Å². The van der Waals surface area contributed by atoms with E-state index in [1.165, 1.54) is 5.56 Å². The van der Waals surface area contributed by atoms with Crippen LogP contribution in [0.15, 0.2) is 66.4 Å². The van der Waals surface area contributed by atoms with E-state index in [2.05, 4.69) is 88.0 Å². The second-order valence-electron chi connectivity index (χ2n) is 7.02. The van der Waals surface area contributed by atoms with E-state index in [1.54, 1.807) is 0 Å². The van der Waals surface area contributed by atoms with Crippen LogP contribution in [0.4, 0.5) is 0 Å². The maximum Gasteiger partial charge on any atom is 0.0393 e. The van der Waals surface area contributed by atoms with Gasteiger partial charge >= 0.3 is 0 Å². The van der Waals surface area contributed by atoms with Crippen LogP contribution in [0.1, 0.15) is 38.8 Å². The highest BCUT2D eigenvalue weighted by Gasteiger charge is 2.14. The Balaban J connectivity index is 2.23. The maximum absolute atomic E-state index is 5.57. The third kappa shape index (κ3) is 4.50. The molecule has 0 radical (unpaired) electrons. The zero-order valence-corrected chi connectivity index (χ0v) is 14.5. The molecule has 0 fully saturated rings. The van der Waals surface area contributed by atoms with Crippen molar-refractivity contribution in [1.29, 1.82) is 0 Å². The Kier molecular flexibility index (Phi) is 4.96. The highest BCUT2D eigenvalue weighted by molar-refractivity contribution is 5.65. The number of terminal acetylenes is 1. The zero-order valence-electron chi connectivity index (χ0n) is 14.5. The highest BCUT2D eigenvalue weighted by atomic mass is 14.9. The van der Waals surface area contributed by atoms with Gasteiger partial charge in [0.15, 0.2) is 0 Å². The average molecular weight is 303 g/mol. The Bertz CT molecular complexity index is 730. The minimum absolute atomic E-state index is 0.118. The molecule has 1 aromatic carbocycles. The molecule has 1 N–H and O–H groups in total. The SMILES string of the molecule is C#CC1=CC(C)C=CC(NC(=C)c2cccc(C(C)(C)C)c2)=C1. The fourth-order valence-electron chi connectivity index (χ4n) is 2.45. The molecule has 0 saturated carbocycles. The molecule has 1 nitrogen and oxygen atoms in total. The first-order valence-electron chi connectivity index (χ1n) is 7.95. The van der Waals surface area contributed by atoms with Crippen LogP contribution in [0.3, 0.4) is 0 Å². The molecule has 1 aliphatic rings.